The van der Waals surface area contributed by atoms with E-state index in [2.05, 4.69) is 10.2 Å². The van der Waals surface area contributed by atoms with Crippen molar-refractivity contribution in [3.05, 3.63) is 76.1 Å². The summed E-state index contributed by atoms with van der Waals surface area (Å²) in [6.45, 7) is 1.73. The van der Waals surface area contributed by atoms with Gasteiger partial charge in [-0.25, -0.2) is 4.79 Å². The van der Waals surface area contributed by atoms with Crippen LogP contribution in [0.5, 0.6) is 0 Å². The van der Waals surface area contributed by atoms with Crippen LogP contribution >= 0.6 is 11.6 Å². The first kappa shape index (κ1) is 16.7. The Morgan fingerprint density at radius 2 is 2.04 bits per heavy atom. The maximum atomic E-state index is 12.3. The quantitative estimate of drug-likeness (QED) is 0.672. The van der Waals surface area contributed by atoms with Gasteiger partial charge >= 0.3 is 5.97 Å². The van der Waals surface area contributed by atoms with Crippen LogP contribution in [0.25, 0.3) is 5.69 Å². The molecule has 25 heavy (non-hydrogen) atoms. The second-order valence-corrected chi connectivity index (χ2v) is 5.73. The van der Waals surface area contributed by atoms with Crippen LogP contribution in [0.15, 0.2) is 48.5 Å². The van der Waals surface area contributed by atoms with Crippen LogP contribution in [-0.4, -0.2) is 21.0 Å². The van der Waals surface area contributed by atoms with Gasteiger partial charge in [-0.2, -0.15) is 15.2 Å². The molecule has 0 amide bonds. The first-order chi connectivity index (χ1) is 12.1. The van der Waals surface area contributed by atoms with Gasteiger partial charge in [-0.3, -0.25) is 0 Å². The molecule has 3 rings (SSSR count). The molecule has 0 saturated carbocycles. The molecule has 0 unspecified atom stereocenters. The van der Waals surface area contributed by atoms with Crippen molar-refractivity contribution in [2.75, 3.05) is 0 Å². The van der Waals surface area contributed by atoms with Crippen LogP contribution in [0.2, 0.25) is 5.02 Å². The predicted molar refractivity (Wildman–Crippen MR) is 91.4 cm³/mol. The highest BCUT2D eigenvalue weighted by molar-refractivity contribution is 6.30. The summed E-state index contributed by atoms with van der Waals surface area (Å²) >= 11 is 5.96. The molecule has 0 spiro atoms. The van der Waals surface area contributed by atoms with Crippen LogP contribution in [0.1, 0.15) is 27.3 Å². The van der Waals surface area contributed by atoms with Gasteiger partial charge in [-0.05, 0) is 42.8 Å². The van der Waals surface area contributed by atoms with Crippen molar-refractivity contribution in [2.24, 2.45) is 0 Å². The van der Waals surface area contributed by atoms with Gasteiger partial charge in [0.05, 0.1) is 23.0 Å². The Morgan fingerprint density at radius 3 is 2.80 bits per heavy atom. The summed E-state index contributed by atoms with van der Waals surface area (Å²) in [5.74, 6) is -0.576. The van der Waals surface area contributed by atoms with Crippen molar-refractivity contribution in [3.8, 4) is 11.8 Å². The van der Waals surface area contributed by atoms with Gasteiger partial charge in [0.25, 0.3) is 0 Å². The first-order valence-electron chi connectivity index (χ1n) is 7.43. The van der Waals surface area contributed by atoms with Crippen LogP contribution in [0, 0.1) is 18.3 Å². The van der Waals surface area contributed by atoms with E-state index in [9.17, 15) is 4.79 Å². The van der Waals surface area contributed by atoms with Gasteiger partial charge in [0.15, 0.2) is 5.69 Å². The molecule has 124 valence electrons. The minimum Gasteiger partial charge on any atom is -0.456 e. The molecule has 0 saturated heterocycles. The van der Waals surface area contributed by atoms with E-state index >= 15 is 0 Å². The van der Waals surface area contributed by atoms with Crippen LogP contribution in [-0.2, 0) is 11.3 Å². The molecule has 0 fully saturated rings. The lowest BCUT2D eigenvalue weighted by atomic mass is 10.1. The van der Waals surface area contributed by atoms with E-state index in [0.717, 1.165) is 5.56 Å². The molecule has 0 aliphatic carbocycles. The Kier molecular flexibility index (Phi) is 4.78. The zero-order chi connectivity index (χ0) is 17.8. The minimum atomic E-state index is -0.576. The highest BCUT2D eigenvalue weighted by atomic mass is 35.5. The summed E-state index contributed by atoms with van der Waals surface area (Å²) in [5.41, 5.74) is 2.48. The summed E-state index contributed by atoms with van der Waals surface area (Å²) in [5, 5.41) is 17.9. The van der Waals surface area contributed by atoms with Crippen LogP contribution in [0.3, 0.4) is 0 Å². The lowest BCUT2D eigenvalue weighted by Gasteiger charge is -2.03. The molecule has 0 N–H and O–H groups in total. The van der Waals surface area contributed by atoms with Gasteiger partial charge in [0.1, 0.15) is 6.61 Å². The molecule has 2 aromatic carbocycles. The number of carbonyl (C=O) groups is 1. The molecule has 0 radical (unpaired) electrons. The third-order valence-electron chi connectivity index (χ3n) is 3.44. The molecule has 3 aromatic rings. The van der Waals surface area contributed by atoms with Gasteiger partial charge in [0, 0.05) is 5.02 Å². The van der Waals surface area contributed by atoms with Crippen molar-refractivity contribution in [3.63, 3.8) is 0 Å². The SMILES string of the molecule is Cc1nn(-c2cccc(Cl)c2)nc1C(=O)OCc1cccc(C#N)c1. The number of nitriles is 1. The number of rotatable bonds is 4. The number of halogens is 1. The Balaban J connectivity index is 1.75. The number of benzene rings is 2. The van der Waals surface area contributed by atoms with Crippen molar-refractivity contribution in [2.45, 2.75) is 13.5 Å². The highest BCUT2D eigenvalue weighted by Crippen LogP contribution is 2.15. The van der Waals surface area contributed by atoms with Crippen molar-refractivity contribution >= 4 is 17.6 Å². The normalized spacial score (nSPS) is 10.3. The van der Waals surface area contributed by atoms with E-state index in [1.54, 1.807) is 55.5 Å². The lowest BCUT2D eigenvalue weighted by Crippen LogP contribution is -2.08. The maximum Gasteiger partial charge on any atom is 0.361 e. The summed E-state index contributed by atoms with van der Waals surface area (Å²) < 4.78 is 5.28. The number of aryl methyl sites for hydroxylation is 1. The molecule has 0 bridgehead atoms. The molecule has 7 heteroatoms. The van der Waals surface area contributed by atoms with E-state index in [-0.39, 0.29) is 12.3 Å². The average molecular weight is 353 g/mol. The standard InChI is InChI=1S/C18H13ClN4O2/c1-12-17(22-23(21-12)16-7-3-6-15(19)9-16)18(24)25-11-14-5-2-4-13(8-14)10-20/h2-9H,11H2,1H3. The summed E-state index contributed by atoms with van der Waals surface area (Å²) in [6.07, 6.45) is 0. The predicted octanol–water partition coefficient (Wildman–Crippen LogP) is 3.46. The molecule has 6 nitrogen and oxygen atoms in total. The largest absolute Gasteiger partial charge is 0.456 e. The van der Waals surface area contributed by atoms with Crippen LogP contribution in [0.4, 0.5) is 0 Å². The fourth-order valence-electron chi connectivity index (χ4n) is 2.23. The second-order valence-electron chi connectivity index (χ2n) is 5.29. The van der Waals surface area contributed by atoms with E-state index in [1.165, 1.54) is 4.80 Å². The van der Waals surface area contributed by atoms with E-state index in [4.69, 9.17) is 21.6 Å². The summed E-state index contributed by atoms with van der Waals surface area (Å²) in [6, 6.07) is 15.9. The third-order valence-corrected chi connectivity index (χ3v) is 3.68. The zero-order valence-electron chi connectivity index (χ0n) is 13.3. The van der Waals surface area contributed by atoms with Crippen molar-refractivity contribution in [1.82, 2.24) is 15.0 Å². The monoisotopic (exact) mass is 352 g/mol. The van der Waals surface area contributed by atoms with Gasteiger partial charge < -0.3 is 4.74 Å². The molecule has 1 heterocycles. The average Bonchev–Trinajstić information content (AvgIpc) is 3.02. The number of aromatic nitrogens is 3. The fourth-order valence-corrected chi connectivity index (χ4v) is 2.42. The topological polar surface area (TPSA) is 80.8 Å². The Labute approximate surface area is 149 Å². The summed E-state index contributed by atoms with van der Waals surface area (Å²) in [7, 11) is 0. The van der Waals surface area contributed by atoms with E-state index < -0.39 is 5.97 Å². The van der Waals surface area contributed by atoms with Gasteiger partial charge in [0.2, 0.25) is 0 Å². The van der Waals surface area contributed by atoms with Crippen molar-refractivity contribution < 1.29 is 9.53 Å². The Morgan fingerprint density at radius 1 is 1.24 bits per heavy atom. The first-order valence-corrected chi connectivity index (χ1v) is 7.80. The molecule has 1 aromatic heterocycles. The molecular formula is C18H13ClN4O2. The molecule has 0 aliphatic heterocycles. The number of hydrogen-bond acceptors (Lipinski definition) is 5. The van der Waals surface area contributed by atoms with Crippen molar-refractivity contribution in [1.29, 1.82) is 5.26 Å². The second kappa shape index (κ2) is 7.16. The number of hydrogen-bond donors (Lipinski definition) is 0. The lowest BCUT2D eigenvalue weighted by molar-refractivity contribution is 0.0464. The number of ether oxygens (including phenoxy) is 1. The molecular weight excluding hydrogens is 340 g/mol. The summed E-state index contributed by atoms with van der Waals surface area (Å²) in [4.78, 5) is 13.6. The zero-order valence-corrected chi connectivity index (χ0v) is 14.1. The third kappa shape index (κ3) is 3.84. The maximum absolute atomic E-state index is 12.3. The Hall–Kier alpha value is -3.17. The minimum absolute atomic E-state index is 0.0534. The smallest absolute Gasteiger partial charge is 0.361 e. The highest BCUT2D eigenvalue weighted by Gasteiger charge is 2.18. The fraction of sp³-hybridized carbons (Fsp3) is 0.111. The van der Waals surface area contributed by atoms with E-state index in [1.807, 2.05) is 6.07 Å². The number of carbonyl (C=O) groups excluding carboxylic acids is 1. The van der Waals surface area contributed by atoms with E-state index in [0.29, 0.717) is 22.0 Å². The molecule has 0 atom stereocenters. The number of esters is 1. The number of nitrogens with zero attached hydrogens (tertiary/aromatic N) is 4. The van der Waals surface area contributed by atoms with Gasteiger partial charge in [-0.1, -0.05) is 29.8 Å². The Bertz CT molecular complexity index is 975. The van der Waals surface area contributed by atoms with Gasteiger partial charge in [-0.15, -0.1) is 5.10 Å². The van der Waals surface area contributed by atoms with Crippen LogP contribution < -0.4 is 0 Å². The molecule has 0 aliphatic rings.